The van der Waals surface area contributed by atoms with Gasteiger partial charge in [0, 0.05) is 20.3 Å². The summed E-state index contributed by atoms with van der Waals surface area (Å²) in [5, 5.41) is 0.889. The molecule has 21 heavy (non-hydrogen) atoms. The molecule has 0 fully saturated rings. The molecule has 0 radical (unpaired) electrons. The maximum atomic E-state index is 11.5. The Labute approximate surface area is 135 Å². The zero-order valence-electron chi connectivity index (χ0n) is 13.2. The number of hydrogen-bond acceptors (Lipinski definition) is 2. The van der Waals surface area contributed by atoms with Gasteiger partial charge in [0.05, 0.1) is 10.8 Å². The van der Waals surface area contributed by atoms with Crippen LogP contribution in [0.1, 0.15) is 27.7 Å². The Kier molecular flexibility index (Phi) is 8.40. The van der Waals surface area contributed by atoms with Gasteiger partial charge in [-0.25, -0.2) is 0 Å². The van der Waals surface area contributed by atoms with Crippen LogP contribution in [0.4, 0.5) is 0 Å². The van der Waals surface area contributed by atoms with Crippen molar-refractivity contribution in [3.8, 4) is 0 Å². The molecule has 0 aromatic heterocycles. The molecule has 1 atom stereocenters. The van der Waals surface area contributed by atoms with Crippen LogP contribution in [0, 0.1) is 0 Å². The normalized spacial score (nSPS) is 11.9. The average molecular weight is 321 g/mol. The van der Waals surface area contributed by atoms with E-state index in [-0.39, 0.29) is 5.25 Å². The monoisotopic (exact) mass is 320 g/mol. The molecule has 0 heterocycles. The molecule has 1 unspecified atom stereocenters. The summed E-state index contributed by atoms with van der Waals surface area (Å²) in [4.78, 5) is 2.28. The van der Waals surface area contributed by atoms with E-state index >= 15 is 0 Å². The standard InChI is InChI=1S/C9H12OS.C9H12S/c1-8(2)11(10)9-6-4-3-5-7-9;1-8(2)10-9-6-4-3-5-7-9/h3-8H,1-2H3;3-8H,1-2H3. The van der Waals surface area contributed by atoms with E-state index in [4.69, 9.17) is 0 Å². The molecule has 0 saturated carbocycles. The lowest BCUT2D eigenvalue weighted by Crippen LogP contribution is -2.04. The van der Waals surface area contributed by atoms with Crippen LogP contribution in [-0.2, 0) is 10.8 Å². The van der Waals surface area contributed by atoms with Gasteiger partial charge in [-0.05, 0) is 24.3 Å². The van der Waals surface area contributed by atoms with Gasteiger partial charge in [0.2, 0.25) is 0 Å². The number of rotatable bonds is 4. The van der Waals surface area contributed by atoms with E-state index in [0.717, 1.165) is 4.90 Å². The quantitative estimate of drug-likeness (QED) is 0.703. The van der Waals surface area contributed by atoms with Crippen molar-refractivity contribution < 1.29 is 4.21 Å². The Morgan fingerprint density at radius 3 is 1.71 bits per heavy atom. The summed E-state index contributed by atoms with van der Waals surface area (Å²) in [6.07, 6.45) is 0. The predicted octanol–water partition coefficient (Wildman–Crippen LogP) is 5.39. The van der Waals surface area contributed by atoms with Gasteiger partial charge in [-0.3, -0.25) is 4.21 Å². The maximum Gasteiger partial charge on any atom is 0.0555 e. The van der Waals surface area contributed by atoms with Crippen molar-refractivity contribution in [3.63, 3.8) is 0 Å². The first kappa shape index (κ1) is 18.0. The lowest BCUT2D eigenvalue weighted by atomic mass is 10.4. The van der Waals surface area contributed by atoms with Gasteiger partial charge < -0.3 is 0 Å². The van der Waals surface area contributed by atoms with Crippen molar-refractivity contribution in [2.75, 3.05) is 0 Å². The van der Waals surface area contributed by atoms with Crippen LogP contribution in [0.3, 0.4) is 0 Å². The van der Waals surface area contributed by atoms with Crippen molar-refractivity contribution in [1.29, 1.82) is 0 Å². The van der Waals surface area contributed by atoms with Crippen molar-refractivity contribution in [2.24, 2.45) is 0 Å². The molecule has 0 aliphatic rings. The molecule has 3 heteroatoms. The Bertz CT molecular complexity index is 521. The zero-order chi connectivity index (χ0) is 15.7. The van der Waals surface area contributed by atoms with E-state index in [1.807, 2.05) is 62.0 Å². The van der Waals surface area contributed by atoms with Gasteiger partial charge in [-0.15, -0.1) is 11.8 Å². The lowest BCUT2D eigenvalue weighted by Gasteiger charge is -2.03. The fourth-order valence-corrected chi connectivity index (χ4v) is 3.43. The van der Waals surface area contributed by atoms with E-state index in [2.05, 4.69) is 38.1 Å². The minimum absolute atomic E-state index is 0.206. The Morgan fingerprint density at radius 2 is 1.29 bits per heavy atom. The number of thioether (sulfide) groups is 1. The first-order chi connectivity index (χ1) is 10.0. The highest BCUT2D eigenvalue weighted by molar-refractivity contribution is 7.99. The van der Waals surface area contributed by atoms with E-state index in [1.54, 1.807) is 0 Å². The van der Waals surface area contributed by atoms with Crippen molar-refractivity contribution in [1.82, 2.24) is 0 Å². The minimum atomic E-state index is -0.835. The van der Waals surface area contributed by atoms with Crippen molar-refractivity contribution in [3.05, 3.63) is 60.7 Å². The summed E-state index contributed by atoms with van der Waals surface area (Å²) >= 11 is 1.90. The Morgan fingerprint density at radius 1 is 0.810 bits per heavy atom. The van der Waals surface area contributed by atoms with Gasteiger partial charge in [0.25, 0.3) is 0 Å². The molecule has 0 aliphatic heterocycles. The third-order valence-electron chi connectivity index (χ3n) is 2.52. The molecule has 0 N–H and O–H groups in total. The summed E-state index contributed by atoms with van der Waals surface area (Å²) in [6.45, 7) is 8.33. The van der Waals surface area contributed by atoms with E-state index in [1.165, 1.54) is 4.90 Å². The summed E-state index contributed by atoms with van der Waals surface area (Å²) in [5.74, 6) is 0. The molecular weight excluding hydrogens is 296 g/mol. The SMILES string of the molecule is CC(C)S(=O)c1ccccc1.CC(C)Sc1ccccc1. The van der Waals surface area contributed by atoms with Crippen LogP contribution in [0.2, 0.25) is 0 Å². The molecule has 1 nitrogen and oxygen atoms in total. The lowest BCUT2D eigenvalue weighted by molar-refractivity contribution is 0.677. The highest BCUT2D eigenvalue weighted by Crippen LogP contribution is 2.21. The van der Waals surface area contributed by atoms with Crippen LogP contribution >= 0.6 is 11.8 Å². The highest BCUT2D eigenvalue weighted by atomic mass is 32.2. The smallest absolute Gasteiger partial charge is 0.0555 e. The predicted molar refractivity (Wildman–Crippen MR) is 95.4 cm³/mol. The first-order valence-electron chi connectivity index (χ1n) is 7.18. The molecule has 0 spiro atoms. The topological polar surface area (TPSA) is 17.1 Å². The Hall–Kier alpha value is -1.06. The van der Waals surface area contributed by atoms with Crippen LogP contribution in [0.25, 0.3) is 0 Å². The molecule has 114 valence electrons. The minimum Gasteiger partial charge on any atom is -0.254 e. The molecule has 0 aliphatic carbocycles. The van der Waals surface area contributed by atoms with E-state index < -0.39 is 10.8 Å². The zero-order valence-corrected chi connectivity index (χ0v) is 14.8. The van der Waals surface area contributed by atoms with Crippen molar-refractivity contribution >= 4 is 22.6 Å². The van der Waals surface area contributed by atoms with Crippen LogP contribution in [0.15, 0.2) is 70.5 Å². The van der Waals surface area contributed by atoms with Gasteiger partial charge >= 0.3 is 0 Å². The first-order valence-corrected chi connectivity index (χ1v) is 9.27. The van der Waals surface area contributed by atoms with Crippen molar-refractivity contribution in [2.45, 2.75) is 48.0 Å². The second-order valence-corrected chi connectivity index (χ2v) is 8.80. The molecular formula is C18H24OS2. The van der Waals surface area contributed by atoms with Crippen LogP contribution in [0.5, 0.6) is 0 Å². The maximum absolute atomic E-state index is 11.5. The second kappa shape index (κ2) is 9.80. The van der Waals surface area contributed by atoms with Gasteiger partial charge in [-0.1, -0.05) is 64.1 Å². The van der Waals surface area contributed by atoms with E-state index in [9.17, 15) is 4.21 Å². The summed E-state index contributed by atoms with van der Waals surface area (Å²) < 4.78 is 11.5. The summed E-state index contributed by atoms with van der Waals surface area (Å²) in [6, 6.07) is 20.0. The molecule has 0 saturated heterocycles. The summed E-state index contributed by atoms with van der Waals surface area (Å²) in [5.41, 5.74) is 0. The third-order valence-corrected chi connectivity index (χ3v) is 5.13. The van der Waals surface area contributed by atoms with E-state index in [0.29, 0.717) is 5.25 Å². The molecule has 2 aromatic rings. The van der Waals surface area contributed by atoms with Gasteiger partial charge in [0.1, 0.15) is 0 Å². The fraction of sp³-hybridized carbons (Fsp3) is 0.333. The molecule has 2 aromatic carbocycles. The van der Waals surface area contributed by atoms with Gasteiger partial charge in [-0.2, -0.15) is 0 Å². The largest absolute Gasteiger partial charge is 0.254 e. The van der Waals surface area contributed by atoms with Gasteiger partial charge in [0.15, 0.2) is 0 Å². The Balaban J connectivity index is 0.000000211. The average Bonchev–Trinajstić information content (AvgIpc) is 2.48. The highest BCUT2D eigenvalue weighted by Gasteiger charge is 2.05. The molecule has 0 amide bonds. The third kappa shape index (κ3) is 7.49. The second-order valence-electron chi connectivity index (χ2n) is 5.14. The number of hydrogen-bond donors (Lipinski definition) is 0. The summed E-state index contributed by atoms with van der Waals surface area (Å²) in [7, 11) is -0.835. The molecule has 0 bridgehead atoms. The number of benzene rings is 2. The van der Waals surface area contributed by atoms with Crippen LogP contribution in [-0.4, -0.2) is 14.7 Å². The fourth-order valence-electron chi connectivity index (χ4n) is 1.60. The van der Waals surface area contributed by atoms with Crippen LogP contribution < -0.4 is 0 Å². The molecule has 2 rings (SSSR count).